The molecule has 5 aromatic rings. The van der Waals surface area contributed by atoms with Crippen molar-refractivity contribution in [2.75, 3.05) is 0 Å². The van der Waals surface area contributed by atoms with Gasteiger partial charge in [0, 0.05) is 25.7 Å². The van der Waals surface area contributed by atoms with Gasteiger partial charge in [-0.2, -0.15) is 5.21 Å². The van der Waals surface area contributed by atoms with Crippen LogP contribution in [0.2, 0.25) is 0 Å². The fourth-order valence-electron chi connectivity index (χ4n) is 4.27. The highest BCUT2D eigenvalue weighted by molar-refractivity contribution is 5.80. The van der Waals surface area contributed by atoms with E-state index >= 15 is 0 Å². The van der Waals surface area contributed by atoms with Crippen LogP contribution in [0, 0.1) is 6.92 Å². The number of rotatable bonds is 6. The number of H-pyrrole nitrogens is 1. The van der Waals surface area contributed by atoms with Gasteiger partial charge in [0.25, 0.3) is 5.56 Å². The fourth-order valence-corrected chi connectivity index (χ4v) is 4.27. The molecule has 0 spiro atoms. The predicted molar refractivity (Wildman–Crippen MR) is 128 cm³/mol. The number of nitrogens with zero attached hydrogens (tertiary/aromatic N) is 7. The molecule has 0 fully saturated rings. The Bertz CT molecular complexity index is 1590. The number of aryl methyl sites for hydroxylation is 2. The van der Waals surface area contributed by atoms with E-state index in [1.54, 1.807) is 7.05 Å². The standard InChI is InChI=1S/C24H24N8O2/c1-4-13-31-23(33)20-22(30(3)24(31)34)25-15(2)32(20)14-16-9-11-17(12-10-16)18-7-5-6-8-19(18)21-26-28-29-27-21/h5-12H,4,13-14H2,1-3H3,(H,26,27,28,29). The molecule has 5 rings (SSSR count). The van der Waals surface area contributed by atoms with Gasteiger partial charge >= 0.3 is 5.69 Å². The van der Waals surface area contributed by atoms with E-state index < -0.39 is 0 Å². The molecule has 3 heterocycles. The van der Waals surface area contributed by atoms with Gasteiger partial charge in [-0.1, -0.05) is 55.5 Å². The second-order valence-corrected chi connectivity index (χ2v) is 8.19. The lowest BCUT2D eigenvalue weighted by atomic mass is 9.98. The van der Waals surface area contributed by atoms with Crippen LogP contribution >= 0.6 is 0 Å². The van der Waals surface area contributed by atoms with Gasteiger partial charge in [-0.3, -0.25) is 13.9 Å². The average Bonchev–Trinajstić information content (AvgIpc) is 3.50. The predicted octanol–water partition coefficient (Wildman–Crippen LogP) is 2.51. The highest BCUT2D eigenvalue weighted by Crippen LogP contribution is 2.30. The van der Waals surface area contributed by atoms with E-state index in [1.165, 1.54) is 9.13 Å². The Morgan fingerprint density at radius 2 is 1.71 bits per heavy atom. The maximum Gasteiger partial charge on any atom is 0.332 e. The Hall–Kier alpha value is -4.34. The van der Waals surface area contributed by atoms with Crippen LogP contribution < -0.4 is 11.2 Å². The van der Waals surface area contributed by atoms with Gasteiger partial charge in [-0.25, -0.2) is 9.78 Å². The molecule has 34 heavy (non-hydrogen) atoms. The van der Waals surface area contributed by atoms with Crippen molar-refractivity contribution in [1.29, 1.82) is 0 Å². The molecule has 2 aromatic carbocycles. The van der Waals surface area contributed by atoms with Gasteiger partial charge in [-0.05, 0) is 35.2 Å². The molecule has 0 aliphatic rings. The molecule has 10 nitrogen and oxygen atoms in total. The molecule has 172 valence electrons. The third kappa shape index (κ3) is 3.53. The molecular weight excluding hydrogens is 432 g/mol. The molecule has 0 saturated carbocycles. The van der Waals surface area contributed by atoms with Crippen LogP contribution in [-0.4, -0.2) is 39.3 Å². The molecule has 3 aromatic heterocycles. The molecule has 0 radical (unpaired) electrons. The summed E-state index contributed by atoms with van der Waals surface area (Å²) in [6.07, 6.45) is 0.695. The number of fused-ring (bicyclic) bond motifs is 1. The topological polar surface area (TPSA) is 116 Å². The average molecular weight is 457 g/mol. The lowest BCUT2D eigenvalue weighted by Crippen LogP contribution is -2.39. The van der Waals surface area contributed by atoms with Crippen LogP contribution in [0.3, 0.4) is 0 Å². The molecule has 0 bridgehead atoms. The van der Waals surface area contributed by atoms with Crippen molar-refractivity contribution in [3.63, 3.8) is 0 Å². The molecule has 10 heteroatoms. The third-order valence-corrected chi connectivity index (χ3v) is 5.99. The van der Waals surface area contributed by atoms with E-state index in [9.17, 15) is 9.59 Å². The molecule has 1 N–H and O–H groups in total. The first kappa shape index (κ1) is 21.5. The van der Waals surface area contributed by atoms with E-state index in [4.69, 9.17) is 0 Å². The first-order chi connectivity index (χ1) is 16.5. The molecule has 0 atom stereocenters. The second kappa shape index (κ2) is 8.54. The Balaban J connectivity index is 1.54. The van der Waals surface area contributed by atoms with Crippen molar-refractivity contribution in [1.82, 2.24) is 39.3 Å². The first-order valence-corrected chi connectivity index (χ1v) is 11.1. The van der Waals surface area contributed by atoms with Crippen molar-refractivity contribution in [2.24, 2.45) is 7.05 Å². The summed E-state index contributed by atoms with van der Waals surface area (Å²) in [5, 5.41) is 14.4. The van der Waals surface area contributed by atoms with Crippen LogP contribution in [0.4, 0.5) is 0 Å². The van der Waals surface area contributed by atoms with Crippen molar-refractivity contribution >= 4 is 11.2 Å². The van der Waals surface area contributed by atoms with E-state index in [2.05, 4.69) is 25.6 Å². The number of benzene rings is 2. The summed E-state index contributed by atoms with van der Waals surface area (Å²) >= 11 is 0. The SMILES string of the molecule is CCCn1c(=O)c2c(nc(C)n2Cc2ccc(-c3ccccc3-c3nn[nH]n3)cc2)n(C)c1=O. The third-order valence-electron chi connectivity index (χ3n) is 5.99. The number of imidazole rings is 1. The minimum absolute atomic E-state index is 0.300. The summed E-state index contributed by atoms with van der Waals surface area (Å²) in [4.78, 5) is 30.3. The summed E-state index contributed by atoms with van der Waals surface area (Å²) in [6.45, 7) is 4.63. The monoisotopic (exact) mass is 456 g/mol. The zero-order valence-corrected chi connectivity index (χ0v) is 19.2. The largest absolute Gasteiger partial charge is 0.332 e. The lowest BCUT2D eigenvalue weighted by Gasteiger charge is -2.11. The van der Waals surface area contributed by atoms with Crippen molar-refractivity contribution in [3.8, 4) is 22.5 Å². The van der Waals surface area contributed by atoms with E-state index in [-0.39, 0.29) is 11.2 Å². The minimum Gasteiger partial charge on any atom is -0.318 e. The quantitative estimate of drug-likeness (QED) is 0.420. The van der Waals surface area contributed by atoms with Gasteiger partial charge < -0.3 is 4.57 Å². The van der Waals surface area contributed by atoms with Crippen LogP contribution in [0.1, 0.15) is 24.7 Å². The fraction of sp³-hybridized carbons (Fsp3) is 0.250. The smallest absolute Gasteiger partial charge is 0.318 e. The molecule has 0 saturated heterocycles. The Kier molecular flexibility index (Phi) is 5.40. The maximum absolute atomic E-state index is 13.2. The molecular formula is C24H24N8O2. The Morgan fingerprint density at radius 3 is 2.38 bits per heavy atom. The summed E-state index contributed by atoms with van der Waals surface area (Å²) in [5.74, 6) is 1.22. The minimum atomic E-state index is -0.339. The van der Waals surface area contributed by atoms with Crippen LogP contribution in [0.15, 0.2) is 58.1 Å². The number of hydrogen-bond acceptors (Lipinski definition) is 6. The number of nitrogens with one attached hydrogen (secondary N) is 1. The first-order valence-electron chi connectivity index (χ1n) is 11.1. The number of tetrazole rings is 1. The van der Waals surface area contributed by atoms with Gasteiger partial charge in [0.2, 0.25) is 5.82 Å². The zero-order valence-electron chi connectivity index (χ0n) is 19.2. The van der Waals surface area contributed by atoms with Crippen LogP contribution in [0.25, 0.3) is 33.7 Å². The van der Waals surface area contributed by atoms with Gasteiger partial charge in [-0.15, -0.1) is 10.2 Å². The number of hydrogen-bond donors (Lipinski definition) is 1. The van der Waals surface area contributed by atoms with Gasteiger partial charge in [0.05, 0.1) is 0 Å². The maximum atomic E-state index is 13.2. The molecule has 0 unspecified atom stereocenters. The Labute approximate surface area is 194 Å². The van der Waals surface area contributed by atoms with Gasteiger partial charge in [0.15, 0.2) is 11.2 Å². The lowest BCUT2D eigenvalue weighted by molar-refractivity contribution is 0.590. The van der Waals surface area contributed by atoms with E-state index in [0.29, 0.717) is 42.3 Å². The Morgan fingerprint density at radius 1 is 0.971 bits per heavy atom. The highest BCUT2D eigenvalue weighted by Gasteiger charge is 2.18. The number of aromatic amines is 1. The second-order valence-electron chi connectivity index (χ2n) is 8.19. The van der Waals surface area contributed by atoms with Crippen LogP contribution in [0.5, 0.6) is 0 Å². The molecule has 0 aliphatic heterocycles. The molecule has 0 aliphatic carbocycles. The summed E-state index contributed by atoms with van der Waals surface area (Å²) in [6, 6.07) is 16.0. The summed E-state index contributed by atoms with van der Waals surface area (Å²) in [5.41, 5.74) is 4.13. The summed E-state index contributed by atoms with van der Waals surface area (Å²) < 4.78 is 4.62. The molecule has 0 amide bonds. The van der Waals surface area contributed by atoms with Crippen molar-refractivity contribution in [3.05, 3.63) is 80.8 Å². The van der Waals surface area contributed by atoms with Crippen LogP contribution in [-0.2, 0) is 20.1 Å². The number of aromatic nitrogens is 8. The van der Waals surface area contributed by atoms with E-state index in [1.807, 2.05) is 66.9 Å². The van der Waals surface area contributed by atoms with Gasteiger partial charge in [0.1, 0.15) is 5.82 Å². The highest BCUT2D eigenvalue weighted by atomic mass is 16.2. The van der Waals surface area contributed by atoms with E-state index in [0.717, 1.165) is 22.3 Å². The van der Waals surface area contributed by atoms with Crippen molar-refractivity contribution in [2.45, 2.75) is 33.4 Å². The normalized spacial score (nSPS) is 11.4. The summed E-state index contributed by atoms with van der Waals surface area (Å²) in [7, 11) is 1.66. The van der Waals surface area contributed by atoms with Crippen molar-refractivity contribution < 1.29 is 0 Å². The zero-order chi connectivity index (χ0) is 23.8.